The second-order valence-electron chi connectivity index (χ2n) is 7.58. The molecule has 2 heterocycles. The molecule has 11 nitrogen and oxygen atoms in total. The lowest BCUT2D eigenvalue weighted by atomic mass is 10.1. The Morgan fingerprint density at radius 1 is 1.17 bits per heavy atom. The third-order valence-corrected chi connectivity index (χ3v) is 5.36. The molecule has 1 aliphatic rings. The lowest BCUT2D eigenvalue weighted by Crippen LogP contribution is -2.47. The van der Waals surface area contributed by atoms with Crippen molar-refractivity contribution < 1.29 is 33.3 Å². The van der Waals surface area contributed by atoms with Crippen LogP contribution in [0.25, 0.3) is 0 Å². The lowest BCUT2D eigenvalue weighted by molar-refractivity contribution is -0.286. The summed E-state index contributed by atoms with van der Waals surface area (Å²) in [7, 11) is 0. The second-order valence-corrected chi connectivity index (χ2v) is 8.01. The van der Waals surface area contributed by atoms with Crippen molar-refractivity contribution in [3.8, 4) is 11.5 Å². The number of carboxylic acids is 1. The van der Waals surface area contributed by atoms with Gasteiger partial charge in [0.1, 0.15) is 0 Å². The molecule has 0 unspecified atom stereocenters. The summed E-state index contributed by atoms with van der Waals surface area (Å²) < 4.78 is 36.7. The molecule has 1 aliphatic heterocycles. The minimum Gasteiger partial charge on any atom is -0.481 e. The van der Waals surface area contributed by atoms with Crippen LogP contribution in [0.1, 0.15) is 18.7 Å². The number of benzene rings is 2. The van der Waals surface area contributed by atoms with E-state index in [0.717, 1.165) is 17.6 Å². The van der Waals surface area contributed by atoms with Crippen LogP contribution in [0.5, 0.6) is 11.5 Å². The Morgan fingerprint density at radius 3 is 2.49 bits per heavy atom. The lowest BCUT2D eigenvalue weighted by Gasteiger charge is -2.20. The zero-order valence-electron chi connectivity index (χ0n) is 17.8. The molecule has 0 spiro atoms. The van der Waals surface area contributed by atoms with Crippen LogP contribution in [-0.2, 0) is 11.3 Å². The third kappa shape index (κ3) is 4.95. The third-order valence-electron chi connectivity index (χ3n) is 5.11. The molecule has 35 heavy (non-hydrogen) atoms. The summed E-state index contributed by atoms with van der Waals surface area (Å²) in [5.74, 6) is -3.74. The number of nitrogens with one attached hydrogen (secondary N) is 1. The van der Waals surface area contributed by atoms with Crippen molar-refractivity contribution in [1.82, 2.24) is 14.1 Å². The highest BCUT2D eigenvalue weighted by Gasteiger charge is 2.43. The molecule has 2 aromatic carbocycles. The average Bonchev–Trinajstić information content (AvgIpc) is 3.10. The van der Waals surface area contributed by atoms with E-state index in [1.165, 1.54) is 12.1 Å². The van der Waals surface area contributed by atoms with E-state index in [1.807, 2.05) is 0 Å². The smallest absolute Gasteiger partial charge is 0.481 e. The standard InChI is InChI=1S/C21H17ClF2N4O7/c1-10(17(30)31)16(29)28-19(32)26-18(27(20(28)33)9-11-2-4-12(22)5-3-11)25-13-6-7-14-15(8-13)35-21(23,24)34-14/h2-8,10,16,29H,9H2,1H3,(H,30,31)(H,25,26,32)/t10-,16+/m1/s1. The van der Waals surface area contributed by atoms with Gasteiger partial charge in [0.15, 0.2) is 17.7 Å². The van der Waals surface area contributed by atoms with Crippen molar-refractivity contribution in [2.75, 3.05) is 5.32 Å². The van der Waals surface area contributed by atoms with E-state index < -0.39 is 35.8 Å². The summed E-state index contributed by atoms with van der Waals surface area (Å²) in [5, 5.41) is 22.7. The van der Waals surface area contributed by atoms with Crippen LogP contribution in [-0.4, -0.2) is 36.6 Å². The first kappa shape index (κ1) is 24.2. The Morgan fingerprint density at radius 2 is 1.83 bits per heavy atom. The maximum absolute atomic E-state index is 13.3. The van der Waals surface area contributed by atoms with Crippen LogP contribution < -0.4 is 26.2 Å². The van der Waals surface area contributed by atoms with Crippen LogP contribution in [0.4, 0.5) is 20.4 Å². The normalized spacial score (nSPS) is 15.5. The van der Waals surface area contributed by atoms with Crippen LogP contribution in [0.15, 0.2) is 52.1 Å². The fourth-order valence-electron chi connectivity index (χ4n) is 3.25. The minimum absolute atomic E-state index is 0.124. The number of halogens is 3. The van der Waals surface area contributed by atoms with Crippen molar-refractivity contribution in [2.24, 2.45) is 5.92 Å². The van der Waals surface area contributed by atoms with Crippen LogP contribution >= 0.6 is 11.6 Å². The van der Waals surface area contributed by atoms with Gasteiger partial charge in [-0.3, -0.25) is 9.36 Å². The number of nitrogens with zero attached hydrogens (tertiary/aromatic N) is 3. The number of carbonyl (C=O) groups is 1. The highest BCUT2D eigenvalue weighted by molar-refractivity contribution is 6.30. The van der Waals surface area contributed by atoms with Gasteiger partial charge in [-0.25, -0.2) is 14.2 Å². The molecule has 1 aromatic heterocycles. The molecule has 0 aliphatic carbocycles. The van der Waals surface area contributed by atoms with Crippen LogP contribution in [0, 0.1) is 5.92 Å². The fourth-order valence-corrected chi connectivity index (χ4v) is 3.38. The first-order valence-corrected chi connectivity index (χ1v) is 10.4. The minimum atomic E-state index is -3.84. The zero-order valence-corrected chi connectivity index (χ0v) is 18.6. The summed E-state index contributed by atoms with van der Waals surface area (Å²) in [5.41, 5.74) is -1.61. The van der Waals surface area contributed by atoms with E-state index >= 15 is 0 Å². The maximum atomic E-state index is 13.3. The summed E-state index contributed by atoms with van der Waals surface area (Å²) in [6, 6.07) is 10.0. The van der Waals surface area contributed by atoms with Crippen molar-refractivity contribution >= 4 is 29.2 Å². The van der Waals surface area contributed by atoms with Gasteiger partial charge < -0.3 is 25.0 Å². The molecular weight excluding hydrogens is 494 g/mol. The molecule has 0 fully saturated rings. The molecule has 4 rings (SSSR count). The predicted molar refractivity (Wildman–Crippen MR) is 117 cm³/mol. The number of hydrogen-bond acceptors (Lipinski definition) is 8. The number of aromatic nitrogens is 3. The Kier molecular flexibility index (Phi) is 6.21. The molecule has 2 atom stereocenters. The van der Waals surface area contributed by atoms with Gasteiger partial charge in [-0.15, -0.1) is 8.78 Å². The van der Waals surface area contributed by atoms with Gasteiger partial charge >= 0.3 is 23.6 Å². The van der Waals surface area contributed by atoms with Gasteiger partial charge in [-0.05, 0) is 36.8 Å². The Hall–Kier alpha value is -3.97. The number of anilines is 2. The number of rotatable bonds is 7. The fraction of sp³-hybridized carbons (Fsp3) is 0.238. The summed E-state index contributed by atoms with van der Waals surface area (Å²) in [6.07, 6.45) is -5.84. The largest absolute Gasteiger partial charge is 0.586 e. The number of alkyl halides is 2. The first-order valence-electron chi connectivity index (χ1n) is 10.0. The molecule has 3 N–H and O–H groups in total. The highest BCUT2D eigenvalue weighted by atomic mass is 35.5. The Bertz CT molecular complexity index is 1410. The first-order chi connectivity index (χ1) is 16.4. The molecular formula is C21H17ClF2N4O7. The number of carboxylic acid groups (broad SMARTS) is 1. The van der Waals surface area contributed by atoms with Gasteiger partial charge in [0.05, 0.1) is 12.5 Å². The molecule has 3 aromatic rings. The summed E-state index contributed by atoms with van der Waals surface area (Å²) in [6.45, 7) is 0.958. The van der Waals surface area contributed by atoms with Crippen molar-refractivity contribution in [1.29, 1.82) is 0 Å². The van der Waals surface area contributed by atoms with E-state index in [0.29, 0.717) is 15.2 Å². The maximum Gasteiger partial charge on any atom is 0.586 e. The number of aliphatic carboxylic acids is 1. The second kappa shape index (κ2) is 9.00. The predicted octanol–water partition coefficient (Wildman–Crippen LogP) is 2.38. The van der Waals surface area contributed by atoms with Crippen LogP contribution in [0.2, 0.25) is 5.02 Å². The number of fused-ring (bicyclic) bond motifs is 1. The van der Waals surface area contributed by atoms with Crippen LogP contribution in [0.3, 0.4) is 0 Å². The number of ether oxygens (including phenoxy) is 2. The topological polar surface area (TPSA) is 145 Å². The van der Waals surface area contributed by atoms with Crippen molar-refractivity contribution in [3.05, 3.63) is 74.0 Å². The van der Waals surface area contributed by atoms with Gasteiger partial charge in [0.2, 0.25) is 5.95 Å². The molecule has 184 valence electrons. The van der Waals surface area contributed by atoms with E-state index in [-0.39, 0.29) is 29.7 Å². The highest BCUT2D eigenvalue weighted by Crippen LogP contribution is 2.42. The van der Waals surface area contributed by atoms with Crippen molar-refractivity contribution in [3.63, 3.8) is 0 Å². The molecule has 0 radical (unpaired) electrons. The molecule has 0 bridgehead atoms. The average molecular weight is 511 g/mol. The van der Waals surface area contributed by atoms with E-state index in [2.05, 4.69) is 19.8 Å². The summed E-state index contributed by atoms with van der Waals surface area (Å²) in [4.78, 5) is 40.9. The molecule has 0 amide bonds. The number of aliphatic hydroxyl groups is 1. The monoisotopic (exact) mass is 510 g/mol. The van der Waals surface area contributed by atoms with E-state index in [4.69, 9.17) is 11.6 Å². The van der Waals surface area contributed by atoms with E-state index in [9.17, 15) is 33.4 Å². The SMILES string of the molecule is C[C@@H](C(=O)O)[C@H](O)n1c(=O)nc(Nc2ccc3c(c2)OC(F)(F)O3)n(Cc2ccc(Cl)cc2)c1=O. The Labute approximate surface area is 199 Å². The summed E-state index contributed by atoms with van der Waals surface area (Å²) >= 11 is 5.90. The molecule has 0 saturated carbocycles. The van der Waals surface area contributed by atoms with Gasteiger partial charge in [0, 0.05) is 16.8 Å². The Balaban J connectivity index is 1.79. The number of hydrogen-bond donors (Lipinski definition) is 3. The van der Waals surface area contributed by atoms with Gasteiger partial charge in [0.25, 0.3) is 0 Å². The van der Waals surface area contributed by atoms with Gasteiger partial charge in [-0.1, -0.05) is 23.7 Å². The van der Waals surface area contributed by atoms with Gasteiger partial charge in [-0.2, -0.15) is 4.98 Å². The number of aliphatic hydroxyl groups excluding tert-OH is 1. The van der Waals surface area contributed by atoms with E-state index in [1.54, 1.807) is 24.3 Å². The molecule has 14 heteroatoms. The van der Waals surface area contributed by atoms with Crippen molar-refractivity contribution in [2.45, 2.75) is 26.0 Å². The quantitative estimate of drug-likeness (QED) is 0.436. The molecule has 0 saturated heterocycles. The zero-order chi connectivity index (χ0) is 25.5.